The molecule has 69 heavy (non-hydrogen) atoms. The van der Waals surface area contributed by atoms with Crippen LogP contribution in [0.15, 0.2) is 24.5 Å². The lowest BCUT2D eigenvalue weighted by atomic mass is 10.1. The molecule has 5 N–H and O–H groups in total. The third-order valence-electron chi connectivity index (χ3n) is 14.5. The molecule has 4 amide bonds. The Hall–Kier alpha value is -5.05. The fourth-order valence-electron chi connectivity index (χ4n) is 10.1. The van der Waals surface area contributed by atoms with Gasteiger partial charge in [-0.05, 0) is 115 Å². The van der Waals surface area contributed by atoms with E-state index in [1.165, 1.54) is 37.0 Å². The number of aryl methyl sites for hydroxylation is 2. The van der Waals surface area contributed by atoms with E-state index < -0.39 is 27.4 Å². The third kappa shape index (κ3) is 11.3. The van der Waals surface area contributed by atoms with Crippen molar-refractivity contribution in [2.75, 3.05) is 41.8 Å². The highest BCUT2D eigenvalue weighted by Crippen LogP contribution is 2.38. The minimum absolute atomic E-state index is 0.0630. The lowest BCUT2D eigenvalue weighted by Gasteiger charge is -2.25. The summed E-state index contributed by atoms with van der Waals surface area (Å²) in [7, 11) is -3.06. The van der Waals surface area contributed by atoms with Gasteiger partial charge in [-0.3, -0.25) is 19.2 Å². The first-order valence-corrected chi connectivity index (χ1v) is 28.1. The number of sulfone groups is 1. The molecule has 10 rings (SSSR count). The van der Waals surface area contributed by atoms with Crippen LogP contribution >= 0.6 is 22.7 Å². The van der Waals surface area contributed by atoms with Crippen LogP contribution in [0, 0.1) is 13.8 Å². The minimum atomic E-state index is -3.06. The second-order valence-electron chi connectivity index (χ2n) is 20.0. The van der Waals surface area contributed by atoms with Crippen molar-refractivity contribution in [1.82, 2.24) is 40.4 Å². The number of aliphatic hydroxyl groups is 1. The summed E-state index contributed by atoms with van der Waals surface area (Å²) in [5.74, 6) is 0.406. The molecule has 7 heterocycles. The second kappa shape index (κ2) is 20.4. The van der Waals surface area contributed by atoms with Crippen molar-refractivity contribution in [3.8, 4) is 20.9 Å². The Kier molecular flexibility index (Phi) is 14.4. The molecule has 0 aromatic carbocycles. The Morgan fingerprint density at radius 2 is 1.13 bits per heavy atom. The number of rotatable bonds is 13. The molecule has 4 aromatic heterocycles. The van der Waals surface area contributed by atoms with E-state index in [9.17, 15) is 32.7 Å². The molecule has 3 saturated heterocycles. The Morgan fingerprint density at radius 3 is 1.52 bits per heavy atom. The van der Waals surface area contributed by atoms with Crippen LogP contribution in [0.25, 0.3) is 20.9 Å². The van der Waals surface area contributed by atoms with E-state index >= 15 is 0 Å². The standard InChI is InChI=1S/C25H33N5O3S.C24H31N5O4S2/c1-15-12-19(28-17-7-3-4-8-17)26-13-18(15)21-20(24(32)30-11-5-6-16(30)2)29-23(34-21)22(31)27-14-25(33)9-10-25;1-14-10-19(26-16-7-3-4-8-16)25-11-18(14)21-20(24(31)29-9-5-6-15(29)2)28-23(34-21)22(30)27-17-12-35(32,33)13-17/h12-13,16-17,33H,3-11,14H2,1-2H3,(H,26,28)(H,27,31);10-11,15-17H,3-9,12-13H2,1-2H3,(H,25,26)(H,27,30)/t16-;15-/m00/s1. The van der Waals surface area contributed by atoms with E-state index in [2.05, 4.69) is 48.1 Å². The number of amides is 4. The summed E-state index contributed by atoms with van der Waals surface area (Å²) >= 11 is 2.38. The topological polar surface area (TPSA) is 229 Å². The molecular weight excluding hydrogens is 937 g/mol. The quantitative estimate of drug-likeness (QED) is 0.0933. The van der Waals surface area contributed by atoms with Gasteiger partial charge in [-0.15, -0.1) is 22.7 Å². The van der Waals surface area contributed by atoms with Gasteiger partial charge in [-0.1, -0.05) is 25.7 Å². The average molecular weight is 1000 g/mol. The number of pyridine rings is 2. The Balaban J connectivity index is 0.000000172. The average Bonchev–Trinajstić information content (AvgIpc) is 4.09. The molecule has 17 nitrogen and oxygen atoms in total. The van der Waals surface area contributed by atoms with Crippen LogP contribution in [0.3, 0.4) is 0 Å². The van der Waals surface area contributed by atoms with Crippen LogP contribution in [0.2, 0.25) is 0 Å². The molecule has 3 aliphatic heterocycles. The number of hydrogen-bond acceptors (Lipinski definition) is 15. The van der Waals surface area contributed by atoms with Gasteiger partial charge in [0, 0.05) is 67.3 Å². The largest absolute Gasteiger partial charge is 0.388 e. The summed E-state index contributed by atoms with van der Waals surface area (Å²) < 4.78 is 22.9. The number of nitrogens with zero attached hydrogens (tertiary/aromatic N) is 6. The maximum Gasteiger partial charge on any atom is 0.280 e. The van der Waals surface area contributed by atoms with E-state index in [-0.39, 0.29) is 63.6 Å². The van der Waals surface area contributed by atoms with Gasteiger partial charge >= 0.3 is 0 Å². The molecule has 0 radical (unpaired) electrons. The summed E-state index contributed by atoms with van der Waals surface area (Å²) in [6.07, 6.45) is 18.3. The van der Waals surface area contributed by atoms with Crippen molar-refractivity contribution < 1.29 is 32.7 Å². The van der Waals surface area contributed by atoms with Gasteiger partial charge < -0.3 is 36.2 Å². The summed E-state index contributed by atoms with van der Waals surface area (Å²) in [5, 5.41) is 23.0. The van der Waals surface area contributed by atoms with Crippen LogP contribution in [-0.2, 0) is 9.84 Å². The van der Waals surface area contributed by atoms with E-state index in [0.29, 0.717) is 53.5 Å². The van der Waals surface area contributed by atoms with Gasteiger partial charge in [-0.25, -0.2) is 28.4 Å². The molecule has 4 aromatic rings. The maximum atomic E-state index is 13.5. The van der Waals surface area contributed by atoms with Crippen LogP contribution in [-0.4, -0.2) is 134 Å². The van der Waals surface area contributed by atoms with Crippen LogP contribution in [0.5, 0.6) is 0 Å². The molecule has 20 heteroatoms. The maximum absolute atomic E-state index is 13.5. The number of carbonyl (C=O) groups excluding carboxylic acids is 4. The summed E-state index contributed by atoms with van der Waals surface area (Å²) in [4.78, 5) is 75.9. The predicted molar refractivity (Wildman–Crippen MR) is 268 cm³/mol. The zero-order chi connectivity index (χ0) is 48.6. The molecule has 3 saturated carbocycles. The highest BCUT2D eigenvalue weighted by atomic mass is 32.2. The predicted octanol–water partition coefficient (Wildman–Crippen LogP) is 6.77. The van der Waals surface area contributed by atoms with Gasteiger partial charge in [0.1, 0.15) is 23.0 Å². The monoisotopic (exact) mass is 1000 g/mol. The van der Waals surface area contributed by atoms with E-state index in [1.807, 2.05) is 42.7 Å². The van der Waals surface area contributed by atoms with E-state index in [4.69, 9.17) is 0 Å². The summed E-state index contributed by atoms with van der Waals surface area (Å²) in [6, 6.07) is 4.76. The molecule has 0 spiro atoms. The van der Waals surface area contributed by atoms with Crippen molar-refractivity contribution in [2.24, 2.45) is 0 Å². The van der Waals surface area contributed by atoms with Gasteiger partial charge in [0.15, 0.2) is 19.9 Å². The lowest BCUT2D eigenvalue weighted by Crippen LogP contribution is -2.52. The molecule has 2 atom stereocenters. The van der Waals surface area contributed by atoms with Crippen LogP contribution in [0.1, 0.15) is 155 Å². The zero-order valence-electron chi connectivity index (χ0n) is 39.9. The van der Waals surface area contributed by atoms with Crippen molar-refractivity contribution in [1.29, 1.82) is 0 Å². The zero-order valence-corrected chi connectivity index (χ0v) is 42.4. The number of carbonyl (C=O) groups is 4. The van der Waals surface area contributed by atoms with Crippen molar-refractivity contribution >= 4 is 67.8 Å². The van der Waals surface area contributed by atoms with Gasteiger partial charge in [0.2, 0.25) is 0 Å². The highest BCUT2D eigenvalue weighted by molar-refractivity contribution is 7.92. The smallest absolute Gasteiger partial charge is 0.280 e. The second-order valence-corrected chi connectivity index (χ2v) is 24.2. The third-order valence-corrected chi connectivity index (χ3v) is 18.4. The summed E-state index contributed by atoms with van der Waals surface area (Å²) in [6.45, 7) is 9.63. The number of hydrogen-bond donors (Lipinski definition) is 5. The molecule has 3 aliphatic carbocycles. The van der Waals surface area contributed by atoms with Crippen molar-refractivity contribution in [2.45, 2.75) is 153 Å². The Labute approximate surface area is 412 Å². The molecular formula is C49H64N10O7S3. The lowest BCUT2D eigenvalue weighted by molar-refractivity contribution is 0.0734. The molecule has 0 unspecified atom stereocenters. The van der Waals surface area contributed by atoms with Crippen molar-refractivity contribution in [3.63, 3.8) is 0 Å². The number of likely N-dealkylation sites (tertiary alicyclic amines) is 2. The molecule has 370 valence electrons. The first kappa shape index (κ1) is 49.0. The number of nitrogens with one attached hydrogen (secondary N) is 4. The first-order chi connectivity index (χ1) is 33.0. The summed E-state index contributed by atoms with van der Waals surface area (Å²) in [5.41, 5.74) is 3.32. The fraction of sp³-hybridized carbons (Fsp3) is 0.592. The van der Waals surface area contributed by atoms with Crippen LogP contribution < -0.4 is 21.3 Å². The number of aromatic nitrogens is 4. The first-order valence-electron chi connectivity index (χ1n) is 24.7. The van der Waals surface area contributed by atoms with Gasteiger partial charge in [0.05, 0.1) is 32.9 Å². The van der Waals surface area contributed by atoms with E-state index in [1.54, 1.807) is 12.4 Å². The van der Waals surface area contributed by atoms with Crippen LogP contribution in [0.4, 0.5) is 11.6 Å². The fourth-order valence-corrected chi connectivity index (χ4v) is 13.5. The molecule has 0 bridgehead atoms. The molecule has 6 fully saturated rings. The molecule has 6 aliphatic rings. The Bertz CT molecular complexity index is 2700. The SMILES string of the molecule is Cc1cc(NC2CCCC2)ncc1-c1sc(C(=O)NC2CS(=O)(=O)C2)nc1C(=O)N1CCC[C@@H]1C.Cc1cc(NC2CCCC2)ncc1-c1sc(C(=O)NCC2(O)CC2)nc1C(=O)N1CCC[C@@H]1C. The number of anilines is 2. The van der Waals surface area contributed by atoms with E-state index in [0.717, 1.165) is 96.6 Å². The minimum Gasteiger partial charge on any atom is -0.388 e. The van der Waals surface area contributed by atoms with Crippen molar-refractivity contribution in [3.05, 3.63) is 57.1 Å². The number of thiazole rings is 2. The highest BCUT2D eigenvalue weighted by Gasteiger charge is 2.41. The van der Waals surface area contributed by atoms with Gasteiger partial charge in [0.25, 0.3) is 23.6 Å². The van der Waals surface area contributed by atoms with Gasteiger partial charge in [-0.2, -0.15) is 0 Å². The normalized spacial score (nSPS) is 21.9. The Morgan fingerprint density at radius 1 is 0.681 bits per heavy atom.